The number of ether oxygens (including phenoxy) is 1. The van der Waals surface area contributed by atoms with Crippen molar-refractivity contribution in [2.75, 3.05) is 0 Å². The normalized spacial score (nSPS) is 13.6. The van der Waals surface area contributed by atoms with Crippen molar-refractivity contribution in [3.63, 3.8) is 0 Å². The number of halogens is 8. The van der Waals surface area contributed by atoms with Crippen LogP contribution < -0.4 is 4.74 Å². The molecule has 0 spiro atoms. The molecule has 0 fully saturated rings. The molecule has 22 heavy (non-hydrogen) atoms. The van der Waals surface area contributed by atoms with Crippen molar-refractivity contribution in [3.05, 3.63) is 22.7 Å². The molecule has 0 bridgehead atoms. The smallest absolute Gasteiger partial charge is 0.460 e. The van der Waals surface area contributed by atoms with Crippen LogP contribution in [-0.2, 0) is 0 Å². The summed E-state index contributed by atoms with van der Waals surface area (Å²) < 4.78 is 93.8. The van der Waals surface area contributed by atoms with Crippen molar-refractivity contribution in [1.82, 2.24) is 0 Å². The van der Waals surface area contributed by atoms with Crippen LogP contribution in [-0.4, -0.2) is 23.5 Å². The van der Waals surface area contributed by atoms with Gasteiger partial charge in [-0.3, -0.25) is 0 Å². The number of thioether (sulfide) groups is 1. The van der Waals surface area contributed by atoms with Crippen molar-refractivity contribution < 1.29 is 35.5 Å². The number of benzene rings is 1. The van der Waals surface area contributed by atoms with E-state index in [9.17, 15) is 30.7 Å². The van der Waals surface area contributed by atoms with Gasteiger partial charge in [-0.05, 0) is 59.7 Å². The lowest BCUT2D eigenvalue weighted by Crippen LogP contribution is -2.49. The Balaban J connectivity index is 3.02. The summed E-state index contributed by atoms with van der Waals surface area (Å²) in [5, 5.41) is -5.34. The molecule has 0 amide bonds. The molecule has 0 aromatic heterocycles. The Labute approximate surface area is 134 Å². The topological polar surface area (TPSA) is 9.23 Å². The molecule has 0 N–H and O–H groups in total. The van der Waals surface area contributed by atoms with Crippen LogP contribution in [0, 0.1) is 0 Å². The van der Waals surface area contributed by atoms with Crippen LogP contribution in [0.15, 0.2) is 27.6 Å². The van der Waals surface area contributed by atoms with Crippen LogP contribution in [0.2, 0.25) is 0 Å². The molecule has 1 nitrogen and oxygen atoms in total. The summed E-state index contributed by atoms with van der Waals surface area (Å²) in [6.45, 7) is 3.40. The Bertz CT molecular complexity index is 531. The van der Waals surface area contributed by atoms with Crippen molar-refractivity contribution in [2.45, 2.75) is 42.2 Å². The average Bonchev–Trinajstić information content (AvgIpc) is 2.30. The first-order valence-corrected chi connectivity index (χ1v) is 7.36. The minimum Gasteiger partial charge on any atom is -0.490 e. The third kappa shape index (κ3) is 4.21. The Morgan fingerprint density at radius 3 is 2.00 bits per heavy atom. The van der Waals surface area contributed by atoms with E-state index < -0.39 is 34.0 Å². The quantitative estimate of drug-likeness (QED) is 0.424. The van der Waals surface area contributed by atoms with Gasteiger partial charge in [0.05, 0.1) is 10.6 Å². The Hall–Kier alpha value is -0.640. The second-order valence-corrected chi connectivity index (χ2v) is 6.49. The van der Waals surface area contributed by atoms with E-state index in [1.54, 1.807) is 13.8 Å². The molecule has 0 unspecified atom stereocenters. The van der Waals surface area contributed by atoms with Gasteiger partial charge in [0.1, 0.15) is 5.75 Å². The highest BCUT2D eigenvalue weighted by atomic mass is 79.9. The van der Waals surface area contributed by atoms with Crippen LogP contribution in [0.4, 0.5) is 30.7 Å². The number of hydrogen-bond donors (Lipinski definition) is 0. The number of alkyl halides is 7. The maximum Gasteiger partial charge on any atom is 0.460 e. The van der Waals surface area contributed by atoms with Gasteiger partial charge in [0.25, 0.3) is 0 Å². The van der Waals surface area contributed by atoms with Crippen molar-refractivity contribution in [1.29, 1.82) is 0 Å². The maximum atomic E-state index is 13.3. The fraction of sp³-hybridized carbons (Fsp3) is 0.500. The van der Waals surface area contributed by atoms with Gasteiger partial charge in [-0.1, -0.05) is 0 Å². The second-order valence-electron chi connectivity index (χ2n) is 4.45. The van der Waals surface area contributed by atoms with Gasteiger partial charge in [0.15, 0.2) is 0 Å². The molecule has 1 aromatic rings. The number of hydrogen-bond acceptors (Lipinski definition) is 2. The van der Waals surface area contributed by atoms with E-state index in [4.69, 9.17) is 4.74 Å². The molecular formula is C12H10BrF7OS. The van der Waals surface area contributed by atoms with Gasteiger partial charge < -0.3 is 4.74 Å². The minimum absolute atomic E-state index is 0.164. The highest BCUT2D eigenvalue weighted by molar-refractivity contribution is 9.10. The van der Waals surface area contributed by atoms with Gasteiger partial charge in [-0.15, -0.1) is 0 Å². The van der Waals surface area contributed by atoms with Gasteiger partial charge in [0.2, 0.25) is 0 Å². The molecule has 0 aliphatic carbocycles. The van der Waals surface area contributed by atoms with Gasteiger partial charge >= 0.3 is 17.4 Å². The van der Waals surface area contributed by atoms with Crippen molar-refractivity contribution in [2.24, 2.45) is 0 Å². The molecule has 0 radical (unpaired) electrons. The molecule has 10 heteroatoms. The first-order chi connectivity index (χ1) is 9.78. The SMILES string of the molecule is CC(C)Oc1ccc(SC(F)(F)C(F)(F)C(F)(F)F)cc1Br. The van der Waals surface area contributed by atoms with Crippen LogP contribution >= 0.6 is 27.7 Å². The molecule has 0 atom stereocenters. The predicted octanol–water partition coefficient (Wildman–Crippen LogP) is 6.12. The van der Waals surface area contributed by atoms with Crippen LogP contribution in [0.5, 0.6) is 5.75 Å². The van der Waals surface area contributed by atoms with Crippen LogP contribution in [0.1, 0.15) is 13.8 Å². The molecule has 0 saturated carbocycles. The van der Waals surface area contributed by atoms with E-state index in [0.717, 1.165) is 12.1 Å². The molecular weight excluding hydrogens is 405 g/mol. The minimum atomic E-state index is -6.35. The molecule has 0 saturated heterocycles. The summed E-state index contributed by atoms with van der Waals surface area (Å²) in [7, 11) is 0. The first-order valence-electron chi connectivity index (χ1n) is 5.75. The average molecular weight is 415 g/mol. The monoisotopic (exact) mass is 414 g/mol. The molecule has 0 aliphatic rings. The predicted molar refractivity (Wildman–Crippen MR) is 71.7 cm³/mol. The van der Waals surface area contributed by atoms with E-state index in [1.165, 1.54) is 6.07 Å². The van der Waals surface area contributed by atoms with E-state index in [2.05, 4.69) is 15.9 Å². The second kappa shape index (κ2) is 6.46. The van der Waals surface area contributed by atoms with E-state index in [-0.39, 0.29) is 16.3 Å². The zero-order chi connectivity index (χ0) is 17.3. The van der Waals surface area contributed by atoms with Crippen molar-refractivity contribution >= 4 is 27.7 Å². The summed E-state index contributed by atoms with van der Waals surface area (Å²) in [5.74, 6) is -5.89. The van der Waals surface area contributed by atoms with Gasteiger partial charge in [-0.2, -0.15) is 30.7 Å². The van der Waals surface area contributed by atoms with E-state index in [1.807, 2.05) is 0 Å². The zero-order valence-electron chi connectivity index (χ0n) is 11.1. The third-order valence-corrected chi connectivity index (χ3v) is 3.86. The molecule has 1 rings (SSSR count). The highest BCUT2D eigenvalue weighted by Crippen LogP contribution is 2.54. The summed E-state index contributed by atoms with van der Waals surface area (Å²) in [6.07, 6.45) is -6.58. The van der Waals surface area contributed by atoms with Crippen molar-refractivity contribution in [3.8, 4) is 5.75 Å². The lowest BCUT2D eigenvalue weighted by atomic mass is 10.3. The highest BCUT2D eigenvalue weighted by Gasteiger charge is 2.73. The van der Waals surface area contributed by atoms with Crippen LogP contribution in [0.25, 0.3) is 0 Å². The third-order valence-electron chi connectivity index (χ3n) is 2.23. The standard InChI is InChI=1S/C12H10BrF7OS/c1-6(2)21-9-4-3-7(5-8(9)13)22-12(19,20)10(14,15)11(16,17)18/h3-6H,1-2H3. The maximum absolute atomic E-state index is 13.3. The summed E-state index contributed by atoms with van der Waals surface area (Å²) in [6, 6.07) is 3.17. The summed E-state index contributed by atoms with van der Waals surface area (Å²) in [4.78, 5) is -0.461. The number of rotatable bonds is 5. The van der Waals surface area contributed by atoms with E-state index >= 15 is 0 Å². The van der Waals surface area contributed by atoms with Gasteiger partial charge in [0, 0.05) is 4.90 Å². The largest absolute Gasteiger partial charge is 0.490 e. The fourth-order valence-electron chi connectivity index (χ4n) is 1.27. The first kappa shape index (κ1) is 19.4. The Morgan fingerprint density at radius 1 is 1.05 bits per heavy atom. The molecule has 0 heterocycles. The zero-order valence-corrected chi connectivity index (χ0v) is 13.6. The lowest BCUT2D eigenvalue weighted by Gasteiger charge is -2.27. The molecule has 0 aliphatic heterocycles. The van der Waals surface area contributed by atoms with Crippen LogP contribution in [0.3, 0.4) is 0 Å². The Kier molecular flexibility index (Phi) is 5.70. The molecule has 126 valence electrons. The van der Waals surface area contributed by atoms with E-state index in [0.29, 0.717) is 0 Å². The molecule has 1 aromatic carbocycles. The Morgan fingerprint density at radius 2 is 1.59 bits per heavy atom. The van der Waals surface area contributed by atoms with Gasteiger partial charge in [-0.25, -0.2) is 0 Å². The summed E-state index contributed by atoms with van der Waals surface area (Å²) in [5.41, 5.74) is 0. The summed E-state index contributed by atoms with van der Waals surface area (Å²) >= 11 is 2.11. The fourth-order valence-corrected chi connectivity index (χ4v) is 2.75. The lowest BCUT2D eigenvalue weighted by molar-refractivity contribution is -0.330.